The van der Waals surface area contributed by atoms with Gasteiger partial charge in [0.1, 0.15) is 0 Å². The number of benzene rings is 1. The average Bonchev–Trinajstić information content (AvgIpc) is 2.72. The third-order valence-electron chi connectivity index (χ3n) is 5.20. The molecule has 2 N–H and O–H groups in total. The van der Waals surface area contributed by atoms with Gasteiger partial charge in [0, 0.05) is 30.0 Å². The summed E-state index contributed by atoms with van der Waals surface area (Å²) in [4.78, 5) is 27.4. The van der Waals surface area contributed by atoms with Crippen LogP contribution in [0.2, 0.25) is 0 Å². The molecule has 0 saturated carbocycles. The summed E-state index contributed by atoms with van der Waals surface area (Å²) in [5.74, 6) is 1.14. The number of aromatic nitrogens is 1. The Morgan fingerprint density at radius 1 is 1.11 bits per heavy atom. The Hall–Kier alpha value is -2.76. The van der Waals surface area contributed by atoms with Crippen LogP contribution >= 0.6 is 0 Å². The Morgan fingerprint density at radius 3 is 2.61 bits per heavy atom. The fraction of sp³-hybridized carbons (Fsp3) is 0.455. The van der Waals surface area contributed by atoms with Gasteiger partial charge in [-0.3, -0.25) is 9.59 Å². The molecule has 1 aliphatic carbocycles. The molecule has 0 fully saturated rings. The first-order chi connectivity index (χ1) is 13.6. The summed E-state index contributed by atoms with van der Waals surface area (Å²) in [5, 5.41) is 3.81. The molecule has 6 heteroatoms. The van der Waals surface area contributed by atoms with Crippen LogP contribution in [0.5, 0.6) is 11.5 Å². The minimum Gasteiger partial charge on any atom is -0.493 e. The van der Waals surface area contributed by atoms with Crippen LogP contribution in [0.1, 0.15) is 44.1 Å². The molecule has 1 amide bonds. The number of H-pyrrole nitrogens is 1. The number of hydrogen-bond acceptors (Lipinski definition) is 4. The quantitative estimate of drug-likeness (QED) is 0.683. The molecule has 0 aliphatic heterocycles. The van der Waals surface area contributed by atoms with Crippen molar-refractivity contribution in [2.24, 2.45) is 0 Å². The van der Waals surface area contributed by atoms with E-state index < -0.39 is 0 Å². The number of hydrogen-bond donors (Lipinski definition) is 2. The van der Waals surface area contributed by atoms with Gasteiger partial charge < -0.3 is 19.8 Å². The molecule has 0 unspecified atom stereocenters. The summed E-state index contributed by atoms with van der Waals surface area (Å²) in [5.41, 5.74) is 2.53. The molecule has 1 heterocycles. The van der Waals surface area contributed by atoms with E-state index in [1.807, 2.05) is 12.1 Å². The van der Waals surface area contributed by atoms with Crippen molar-refractivity contribution in [2.45, 2.75) is 44.9 Å². The van der Waals surface area contributed by atoms with E-state index >= 15 is 0 Å². The first-order valence-electron chi connectivity index (χ1n) is 9.83. The molecule has 0 bridgehead atoms. The Morgan fingerprint density at radius 2 is 1.89 bits per heavy atom. The molecule has 0 atom stereocenters. The number of amides is 1. The van der Waals surface area contributed by atoms with Gasteiger partial charge in [0.25, 0.3) is 5.56 Å². The first kappa shape index (κ1) is 20.0. The van der Waals surface area contributed by atoms with Gasteiger partial charge in [-0.15, -0.1) is 0 Å². The maximum absolute atomic E-state index is 12.4. The lowest BCUT2D eigenvalue weighted by molar-refractivity contribution is -0.121. The van der Waals surface area contributed by atoms with Crippen LogP contribution in [-0.4, -0.2) is 31.7 Å². The summed E-state index contributed by atoms with van der Waals surface area (Å²) < 4.78 is 10.6. The number of carbonyl (C=O) groups is 1. The third-order valence-corrected chi connectivity index (χ3v) is 5.20. The number of aromatic amines is 1. The van der Waals surface area contributed by atoms with Crippen molar-refractivity contribution in [3.05, 3.63) is 45.8 Å². The van der Waals surface area contributed by atoms with E-state index in [1.54, 1.807) is 20.3 Å². The number of methoxy groups -OCH3 is 2. The van der Waals surface area contributed by atoms with Crippen molar-refractivity contribution in [1.29, 1.82) is 0 Å². The molecule has 1 aromatic heterocycles. The minimum atomic E-state index is -0.181. The maximum Gasteiger partial charge on any atom is 0.251 e. The maximum atomic E-state index is 12.4. The second kappa shape index (κ2) is 9.44. The molecule has 1 aromatic carbocycles. The van der Waals surface area contributed by atoms with Gasteiger partial charge in [0.05, 0.1) is 19.7 Å². The number of ether oxygens (including phenoxy) is 2. The van der Waals surface area contributed by atoms with Gasteiger partial charge in [0.2, 0.25) is 5.91 Å². The molecule has 150 valence electrons. The molecular formula is C22H28N2O4. The molecule has 28 heavy (non-hydrogen) atoms. The van der Waals surface area contributed by atoms with Gasteiger partial charge in [-0.25, -0.2) is 0 Å². The van der Waals surface area contributed by atoms with Crippen molar-refractivity contribution in [2.75, 3.05) is 20.8 Å². The topological polar surface area (TPSA) is 80.4 Å². The molecule has 3 rings (SSSR count). The van der Waals surface area contributed by atoms with E-state index in [4.69, 9.17) is 9.47 Å². The van der Waals surface area contributed by atoms with Gasteiger partial charge in [-0.1, -0.05) is 11.6 Å². The SMILES string of the molecule is COc1cc2cc(CCC(=O)NCCC3=CCCCC3)c(=O)[nH]c2cc1OC. The lowest BCUT2D eigenvalue weighted by Crippen LogP contribution is -2.26. The highest BCUT2D eigenvalue weighted by molar-refractivity contribution is 5.83. The number of carbonyl (C=O) groups excluding carboxylic acids is 1. The summed E-state index contributed by atoms with van der Waals surface area (Å²) in [6.07, 6.45) is 8.74. The van der Waals surface area contributed by atoms with E-state index in [2.05, 4.69) is 16.4 Å². The number of fused-ring (bicyclic) bond motifs is 1. The zero-order valence-electron chi connectivity index (χ0n) is 16.6. The molecule has 0 saturated heterocycles. The largest absolute Gasteiger partial charge is 0.493 e. The molecule has 1 aliphatic rings. The van der Waals surface area contributed by atoms with E-state index in [9.17, 15) is 9.59 Å². The summed E-state index contributed by atoms with van der Waals surface area (Å²) in [6, 6.07) is 5.38. The Kier molecular flexibility index (Phi) is 6.74. The van der Waals surface area contributed by atoms with E-state index in [0.717, 1.165) is 24.6 Å². The number of pyridine rings is 1. The fourth-order valence-electron chi connectivity index (χ4n) is 3.59. The monoisotopic (exact) mass is 384 g/mol. The standard InChI is InChI=1S/C22H28N2O4/c1-27-19-13-17-12-16(22(26)24-18(17)14-20(19)28-2)8-9-21(25)23-11-10-15-6-4-3-5-7-15/h6,12-14H,3-5,7-11H2,1-2H3,(H,23,25)(H,24,26). The highest BCUT2D eigenvalue weighted by atomic mass is 16.5. The zero-order valence-corrected chi connectivity index (χ0v) is 16.6. The van der Waals surface area contributed by atoms with Gasteiger partial charge in [-0.05, 0) is 50.7 Å². The second-order valence-electron chi connectivity index (χ2n) is 7.13. The van der Waals surface area contributed by atoms with E-state index in [-0.39, 0.29) is 11.5 Å². The molecule has 6 nitrogen and oxygen atoms in total. The van der Waals surface area contributed by atoms with Crippen LogP contribution in [0.15, 0.2) is 34.6 Å². The third kappa shape index (κ3) is 4.94. The minimum absolute atomic E-state index is 0.0248. The van der Waals surface area contributed by atoms with Crippen LogP contribution in [0.3, 0.4) is 0 Å². The average molecular weight is 384 g/mol. The van der Waals surface area contributed by atoms with E-state index in [1.165, 1.54) is 18.4 Å². The second-order valence-corrected chi connectivity index (χ2v) is 7.13. The summed E-state index contributed by atoms with van der Waals surface area (Å²) in [6.45, 7) is 0.662. The molecule has 0 radical (unpaired) electrons. The normalized spacial score (nSPS) is 13.9. The highest BCUT2D eigenvalue weighted by Gasteiger charge is 2.11. The van der Waals surface area contributed by atoms with Crippen LogP contribution in [-0.2, 0) is 11.2 Å². The van der Waals surface area contributed by atoms with Crippen molar-refractivity contribution in [1.82, 2.24) is 10.3 Å². The Bertz CT molecular complexity index is 930. The number of allylic oxidation sites excluding steroid dienone is 1. The van der Waals surface area contributed by atoms with Gasteiger partial charge in [-0.2, -0.15) is 0 Å². The Labute approximate surface area is 164 Å². The smallest absolute Gasteiger partial charge is 0.251 e. The number of rotatable bonds is 8. The first-order valence-corrected chi connectivity index (χ1v) is 9.83. The lowest BCUT2D eigenvalue weighted by Gasteiger charge is -2.13. The molecule has 2 aromatic rings. The summed E-state index contributed by atoms with van der Waals surface area (Å²) in [7, 11) is 3.13. The Balaban J connectivity index is 1.60. The lowest BCUT2D eigenvalue weighted by atomic mass is 9.97. The van der Waals surface area contributed by atoms with Gasteiger partial charge >= 0.3 is 0 Å². The zero-order chi connectivity index (χ0) is 19.9. The van der Waals surface area contributed by atoms with E-state index in [0.29, 0.717) is 42.0 Å². The van der Waals surface area contributed by atoms with Crippen molar-refractivity contribution < 1.29 is 14.3 Å². The van der Waals surface area contributed by atoms with Crippen LogP contribution in [0.25, 0.3) is 10.9 Å². The van der Waals surface area contributed by atoms with Gasteiger partial charge in [0.15, 0.2) is 11.5 Å². The van der Waals surface area contributed by atoms with Crippen LogP contribution < -0.4 is 20.3 Å². The molecule has 0 spiro atoms. The van der Waals surface area contributed by atoms with Crippen LogP contribution in [0, 0.1) is 0 Å². The highest BCUT2D eigenvalue weighted by Crippen LogP contribution is 2.31. The molecular weight excluding hydrogens is 356 g/mol. The number of nitrogens with one attached hydrogen (secondary N) is 2. The predicted octanol–water partition coefficient (Wildman–Crippen LogP) is 3.48. The fourth-order valence-corrected chi connectivity index (χ4v) is 3.59. The number of aryl methyl sites for hydroxylation is 1. The van der Waals surface area contributed by atoms with Crippen LogP contribution in [0.4, 0.5) is 0 Å². The summed E-state index contributed by atoms with van der Waals surface area (Å²) >= 11 is 0. The predicted molar refractivity (Wildman–Crippen MR) is 110 cm³/mol. The van der Waals surface area contributed by atoms with Crippen molar-refractivity contribution in [3.63, 3.8) is 0 Å². The van der Waals surface area contributed by atoms with Crippen molar-refractivity contribution >= 4 is 16.8 Å². The van der Waals surface area contributed by atoms with Crippen molar-refractivity contribution in [3.8, 4) is 11.5 Å².